The fourth-order valence-electron chi connectivity index (χ4n) is 3.33. The second-order valence-corrected chi connectivity index (χ2v) is 8.91. The summed E-state index contributed by atoms with van der Waals surface area (Å²) in [6, 6.07) is 18.0. The van der Waals surface area contributed by atoms with Gasteiger partial charge in [-0.05, 0) is 36.2 Å². The van der Waals surface area contributed by atoms with E-state index < -0.39 is 10.0 Å². The highest BCUT2D eigenvalue weighted by molar-refractivity contribution is 7.92. The van der Waals surface area contributed by atoms with Crippen molar-refractivity contribution < 1.29 is 8.42 Å². The van der Waals surface area contributed by atoms with E-state index in [9.17, 15) is 8.42 Å². The van der Waals surface area contributed by atoms with E-state index in [1.165, 1.54) is 5.56 Å². The summed E-state index contributed by atoms with van der Waals surface area (Å²) in [5.74, 6) is 0.148. The van der Waals surface area contributed by atoms with E-state index in [-0.39, 0.29) is 5.75 Å². The lowest BCUT2D eigenvalue weighted by atomic mass is 10.2. The van der Waals surface area contributed by atoms with Crippen LogP contribution in [0.25, 0.3) is 6.08 Å². The predicted octanol–water partition coefficient (Wildman–Crippen LogP) is 3.67. The van der Waals surface area contributed by atoms with E-state index in [4.69, 9.17) is 0 Å². The Bertz CT molecular complexity index is 856. The maximum absolute atomic E-state index is 11.9. The molecule has 1 aliphatic heterocycles. The molecule has 0 saturated carbocycles. The highest BCUT2D eigenvalue weighted by Gasteiger charge is 2.16. The molecule has 28 heavy (non-hydrogen) atoms. The number of rotatable bonds is 8. The van der Waals surface area contributed by atoms with E-state index in [0.717, 1.165) is 38.4 Å². The third kappa shape index (κ3) is 6.11. The zero-order chi connectivity index (χ0) is 19.8. The van der Waals surface area contributed by atoms with Crippen LogP contribution in [0.4, 0.5) is 11.4 Å². The number of hydrogen-bond acceptors (Lipinski definition) is 4. The summed E-state index contributed by atoms with van der Waals surface area (Å²) in [6.45, 7) is 6.80. The average molecular weight is 400 g/mol. The summed E-state index contributed by atoms with van der Waals surface area (Å²) in [4.78, 5) is 4.80. The molecule has 2 aromatic rings. The first kappa shape index (κ1) is 20.4. The van der Waals surface area contributed by atoms with Gasteiger partial charge < -0.3 is 4.90 Å². The average Bonchev–Trinajstić information content (AvgIpc) is 2.70. The van der Waals surface area contributed by atoms with E-state index in [2.05, 4.69) is 50.9 Å². The monoisotopic (exact) mass is 399 g/mol. The maximum atomic E-state index is 11.9. The van der Waals surface area contributed by atoms with Crippen LogP contribution in [0, 0.1) is 0 Å². The van der Waals surface area contributed by atoms with Gasteiger partial charge in [-0.25, -0.2) is 8.42 Å². The van der Waals surface area contributed by atoms with Crippen molar-refractivity contribution in [2.75, 3.05) is 48.1 Å². The normalized spacial score (nSPS) is 15.8. The maximum Gasteiger partial charge on any atom is 0.232 e. The van der Waals surface area contributed by atoms with Gasteiger partial charge in [-0.3, -0.25) is 9.62 Å². The number of sulfonamides is 1. The summed E-state index contributed by atoms with van der Waals surface area (Å²) < 4.78 is 26.4. The lowest BCUT2D eigenvalue weighted by Gasteiger charge is -2.35. The standard InChI is InChI=1S/C22H29N3O2S/c1-2-19-28(26,27)23-21-10-12-22(13-11-21)25-17-15-24(16-18-25)14-6-9-20-7-4-3-5-8-20/h3-13,23H,2,14-19H2,1H3/b9-6+. The number of nitrogens with one attached hydrogen (secondary N) is 1. The molecular weight excluding hydrogens is 370 g/mol. The fraction of sp³-hybridized carbons (Fsp3) is 0.364. The topological polar surface area (TPSA) is 52.7 Å². The molecular formula is C22H29N3O2S. The molecule has 1 saturated heterocycles. The molecule has 0 amide bonds. The van der Waals surface area contributed by atoms with Crippen LogP contribution in [0.15, 0.2) is 60.7 Å². The summed E-state index contributed by atoms with van der Waals surface area (Å²) in [7, 11) is -3.24. The third-order valence-corrected chi connectivity index (χ3v) is 6.32. The van der Waals surface area contributed by atoms with Crippen molar-refractivity contribution in [2.24, 2.45) is 0 Å². The van der Waals surface area contributed by atoms with Gasteiger partial charge in [0.25, 0.3) is 0 Å². The van der Waals surface area contributed by atoms with Gasteiger partial charge in [-0.15, -0.1) is 0 Å². The van der Waals surface area contributed by atoms with Crippen molar-refractivity contribution in [2.45, 2.75) is 13.3 Å². The fourth-order valence-corrected chi connectivity index (χ4v) is 4.46. The molecule has 3 rings (SSSR count). The smallest absolute Gasteiger partial charge is 0.232 e. The second-order valence-electron chi connectivity index (χ2n) is 7.07. The first-order chi connectivity index (χ1) is 13.6. The second kappa shape index (κ2) is 9.75. The molecule has 1 heterocycles. The minimum Gasteiger partial charge on any atom is -0.369 e. The largest absolute Gasteiger partial charge is 0.369 e. The number of benzene rings is 2. The van der Waals surface area contributed by atoms with Crippen LogP contribution >= 0.6 is 0 Å². The number of hydrogen-bond donors (Lipinski definition) is 1. The zero-order valence-electron chi connectivity index (χ0n) is 16.4. The molecule has 0 radical (unpaired) electrons. The molecule has 0 atom stereocenters. The van der Waals surface area contributed by atoms with Gasteiger partial charge in [0, 0.05) is 44.1 Å². The van der Waals surface area contributed by atoms with Crippen LogP contribution in [0.3, 0.4) is 0 Å². The van der Waals surface area contributed by atoms with Crippen LogP contribution < -0.4 is 9.62 Å². The number of anilines is 2. The molecule has 0 spiro atoms. The van der Waals surface area contributed by atoms with Crippen LogP contribution in [0.5, 0.6) is 0 Å². The molecule has 150 valence electrons. The van der Waals surface area contributed by atoms with Crippen molar-refractivity contribution in [3.63, 3.8) is 0 Å². The highest BCUT2D eigenvalue weighted by Crippen LogP contribution is 2.20. The Labute approximate surface area is 168 Å². The first-order valence-electron chi connectivity index (χ1n) is 9.85. The van der Waals surface area contributed by atoms with Gasteiger partial charge in [0.05, 0.1) is 5.75 Å². The number of nitrogens with zero attached hydrogens (tertiary/aromatic N) is 2. The van der Waals surface area contributed by atoms with E-state index >= 15 is 0 Å². The zero-order valence-corrected chi connectivity index (χ0v) is 17.2. The summed E-state index contributed by atoms with van der Waals surface area (Å²) in [5.41, 5.74) is 3.00. The van der Waals surface area contributed by atoms with Crippen molar-refractivity contribution in [3.8, 4) is 0 Å². The van der Waals surface area contributed by atoms with E-state index in [1.54, 1.807) is 0 Å². The third-order valence-electron chi connectivity index (χ3n) is 4.82. The Morgan fingerprint density at radius 3 is 2.29 bits per heavy atom. The number of piperazine rings is 1. The predicted molar refractivity (Wildman–Crippen MR) is 118 cm³/mol. The molecule has 2 aromatic carbocycles. The van der Waals surface area contributed by atoms with Crippen LogP contribution in [0.2, 0.25) is 0 Å². The minimum absolute atomic E-state index is 0.148. The quantitative estimate of drug-likeness (QED) is 0.736. The minimum atomic E-state index is -3.24. The Kier molecular flexibility index (Phi) is 7.12. The van der Waals surface area contributed by atoms with E-state index in [0.29, 0.717) is 12.1 Å². The lowest BCUT2D eigenvalue weighted by molar-refractivity contribution is 0.284. The van der Waals surface area contributed by atoms with Gasteiger partial charge in [0.2, 0.25) is 10.0 Å². The summed E-state index contributed by atoms with van der Waals surface area (Å²) >= 11 is 0. The van der Waals surface area contributed by atoms with Crippen LogP contribution in [0.1, 0.15) is 18.9 Å². The van der Waals surface area contributed by atoms with Gasteiger partial charge in [-0.1, -0.05) is 49.4 Å². The van der Waals surface area contributed by atoms with Crippen molar-refractivity contribution in [3.05, 3.63) is 66.2 Å². The Balaban J connectivity index is 1.47. The SMILES string of the molecule is CCCS(=O)(=O)Nc1ccc(N2CCN(C/C=C/c3ccccc3)CC2)cc1. The van der Waals surface area contributed by atoms with Crippen molar-refractivity contribution >= 4 is 27.5 Å². The Morgan fingerprint density at radius 2 is 1.64 bits per heavy atom. The van der Waals surface area contributed by atoms with E-state index in [1.807, 2.05) is 37.3 Å². The van der Waals surface area contributed by atoms with Gasteiger partial charge in [0.1, 0.15) is 0 Å². The van der Waals surface area contributed by atoms with Crippen LogP contribution in [-0.2, 0) is 10.0 Å². The Hall–Kier alpha value is -2.31. The highest BCUT2D eigenvalue weighted by atomic mass is 32.2. The summed E-state index contributed by atoms with van der Waals surface area (Å²) in [5, 5.41) is 0. The molecule has 1 aliphatic rings. The van der Waals surface area contributed by atoms with Gasteiger partial charge in [0.15, 0.2) is 0 Å². The van der Waals surface area contributed by atoms with Crippen molar-refractivity contribution in [1.82, 2.24) is 4.90 Å². The van der Waals surface area contributed by atoms with Gasteiger partial charge in [-0.2, -0.15) is 0 Å². The molecule has 0 aromatic heterocycles. The Morgan fingerprint density at radius 1 is 0.964 bits per heavy atom. The molecule has 0 unspecified atom stereocenters. The molecule has 0 bridgehead atoms. The van der Waals surface area contributed by atoms with Gasteiger partial charge >= 0.3 is 0 Å². The molecule has 6 heteroatoms. The molecule has 1 N–H and O–H groups in total. The summed E-state index contributed by atoms with van der Waals surface area (Å²) in [6.07, 6.45) is 5.01. The van der Waals surface area contributed by atoms with Crippen LogP contribution in [-0.4, -0.2) is 51.8 Å². The lowest BCUT2D eigenvalue weighted by Crippen LogP contribution is -2.46. The molecule has 5 nitrogen and oxygen atoms in total. The molecule has 1 fully saturated rings. The van der Waals surface area contributed by atoms with Crippen molar-refractivity contribution in [1.29, 1.82) is 0 Å². The molecule has 0 aliphatic carbocycles. The first-order valence-corrected chi connectivity index (χ1v) is 11.5.